The van der Waals surface area contributed by atoms with Gasteiger partial charge in [-0.25, -0.2) is 4.39 Å². The molecule has 0 aromatic heterocycles. The average Bonchev–Trinajstić information content (AvgIpc) is 3.01. The van der Waals surface area contributed by atoms with Crippen molar-refractivity contribution in [3.8, 4) is 0 Å². The summed E-state index contributed by atoms with van der Waals surface area (Å²) in [5.74, 6) is -0.119. The quantitative estimate of drug-likeness (QED) is 0.844. The zero-order valence-corrected chi connectivity index (χ0v) is 13.3. The number of ether oxygens (including phenoxy) is 1. The number of rotatable bonds is 5. The summed E-state index contributed by atoms with van der Waals surface area (Å²) < 4.78 is 18.5. The summed E-state index contributed by atoms with van der Waals surface area (Å²) in [5.41, 5.74) is 2.33. The van der Waals surface area contributed by atoms with Gasteiger partial charge in [-0.1, -0.05) is 24.3 Å². The minimum Gasteiger partial charge on any atom is -0.379 e. The predicted octanol–water partition coefficient (Wildman–Crippen LogP) is 0.835. The average molecular weight is 321 g/mol. The first-order valence-corrected chi connectivity index (χ1v) is 8.24. The number of halogens is 1. The van der Waals surface area contributed by atoms with Crippen LogP contribution in [0.2, 0.25) is 0 Å². The summed E-state index contributed by atoms with van der Waals surface area (Å²) in [5, 5.41) is 5.84. The van der Waals surface area contributed by atoms with E-state index in [0.29, 0.717) is 6.54 Å². The van der Waals surface area contributed by atoms with Gasteiger partial charge >= 0.3 is 0 Å². The van der Waals surface area contributed by atoms with E-state index in [-0.39, 0.29) is 18.9 Å². The number of carbonyl (C=O) groups excluding carboxylic acids is 1. The van der Waals surface area contributed by atoms with E-state index in [1.807, 2.05) is 18.2 Å². The number of nitrogens with zero attached hydrogens (tertiary/aromatic N) is 1. The number of benzene rings is 1. The monoisotopic (exact) mass is 321 g/mol. The SMILES string of the molecule is O=C(NCc1ccccc1CN1CCOCC1)[C@H]1C[C@H](F)CN1. The highest BCUT2D eigenvalue weighted by Gasteiger charge is 2.28. The number of hydrogen-bond acceptors (Lipinski definition) is 4. The van der Waals surface area contributed by atoms with Crippen LogP contribution in [0, 0.1) is 0 Å². The molecular formula is C17H24FN3O2. The topological polar surface area (TPSA) is 53.6 Å². The van der Waals surface area contributed by atoms with E-state index in [1.165, 1.54) is 5.56 Å². The highest BCUT2D eigenvalue weighted by Crippen LogP contribution is 2.14. The predicted molar refractivity (Wildman–Crippen MR) is 85.7 cm³/mol. The number of amides is 1. The molecule has 0 saturated carbocycles. The Morgan fingerprint density at radius 2 is 2.04 bits per heavy atom. The van der Waals surface area contributed by atoms with Crippen molar-refractivity contribution in [3.63, 3.8) is 0 Å². The van der Waals surface area contributed by atoms with Gasteiger partial charge < -0.3 is 15.4 Å². The summed E-state index contributed by atoms with van der Waals surface area (Å²) in [6.45, 7) is 5.03. The number of alkyl halides is 1. The summed E-state index contributed by atoms with van der Waals surface area (Å²) >= 11 is 0. The molecule has 6 heteroatoms. The van der Waals surface area contributed by atoms with Crippen LogP contribution in [0.1, 0.15) is 17.5 Å². The first kappa shape index (κ1) is 16.4. The van der Waals surface area contributed by atoms with Crippen LogP contribution in [0.25, 0.3) is 0 Å². The fourth-order valence-electron chi connectivity index (χ4n) is 3.08. The van der Waals surface area contributed by atoms with Gasteiger partial charge in [0, 0.05) is 39.1 Å². The van der Waals surface area contributed by atoms with E-state index in [0.717, 1.165) is 38.4 Å². The van der Waals surface area contributed by atoms with E-state index in [9.17, 15) is 9.18 Å². The Hall–Kier alpha value is -1.50. The summed E-state index contributed by atoms with van der Waals surface area (Å²) in [6, 6.07) is 7.73. The summed E-state index contributed by atoms with van der Waals surface area (Å²) in [7, 11) is 0. The van der Waals surface area contributed by atoms with Gasteiger partial charge in [-0.2, -0.15) is 0 Å². The van der Waals surface area contributed by atoms with Crippen LogP contribution in [0.4, 0.5) is 4.39 Å². The van der Waals surface area contributed by atoms with Crippen LogP contribution in [-0.4, -0.2) is 55.9 Å². The summed E-state index contributed by atoms with van der Waals surface area (Å²) in [6.07, 6.45) is -0.652. The van der Waals surface area contributed by atoms with Crippen molar-refractivity contribution in [2.45, 2.75) is 31.7 Å². The maximum atomic E-state index is 13.2. The van der Waals surface area contributed by atoms with Crippen molar-refractivity contribution in [1.82, 2.24) is 15.5 Å². The molecule has 2 saturated heterocycles. The van der Waals surface area contributed by atoms with E-state index in [1.54, 1.807) is 0 Å². The molecule has 5 nitrogen and oxygen atoms in total. The number of carbonyl (C=O) groups is 1. The molecule has 0 spiro atoms. The van der Waals surface area contributed by atoms with E-state index >= 15 is 0 Å². The highest BCUT2D eigenvalue weighted by molar-refractivity contribution is 5.82. The molecule has 1 amide bonds. The maximum absolute atomic E-state index is 13.2. The van der Waals surface area contributed by atoms with Crippen molar-refractivity contribution in [1.29, 1.82) is 0 Å². The van der Waals surface area contributed by atoms with E-state index in [2.05, 4.69) is 21.6 Å². The molecule has 0 unspecified atom stereocenters. The lowest BCUT2D eigenvalue weighted by molar-refractivity contribution is -0.123. The van der Waals surface area contributed by atoms with Crippen molar-refractivity contribution >= 4 is 5.91 Å². The molecule has 23 heavy (non-hydrogen) atoms. The van der Waals surface area contributed by atoms with Gasteiger partial charge in [0.25, 0.3) is 0 Å². The van der Waals surface area contributed by atoms with Crippen LogP contribution in [0.3, 0.4) is 0 Å². The van der Waals surface area contributed by atoms with Crippen LogP contribution in [0.15, 0.2) is 24.3 Å². The maximum Gasteiger partial charge on any atom is 0.237 e. The highest BCUT2D eigenvalue weighted by atomic mass is 19.1. The first-order valence-electron chi connectivity index (χ1n) is 8.24. The van der Waals surface area contributed by atoms with Gasteiger partial charge in [0.2, 0.25) is 5.91 Å². The van der Waals surface area contributed by atoms with Crippen molar-refractivity contribution < 1.29 is 13.9 Å². The second kappa shape index (κ2) is 7.86. The molecule has 2 heterocycles. The van der Waals surface area contributed by atoms with Gasteiger partial charge in [-0.3, -0.25) is 9.69 Å². The molecule has 0 radical (unpaired) electrons. The Balaban J connectivity index is 1.56. The zero-order chi connectivity index (χ0) is 16.1. The third-order valence-corrected chi connectivity index (χ3v) is 4.46. The molecule has 2 fully saturated rings. The standard InChI is InChI=1S/C17H24FN3O2/c18-15-9-16(19-11-15)17(22)20-10-13-3-1-2-4-14(13)12-21-5-7-23-8-6-21/h1-4,15-16,19H,5-12H2,(H,20,22)/t15-,16+/m0/s1. The zero-order valence-electron chi connectivity index (χ0n) is 13.3. The molecule has 2 N–H and O–H groups in total. The Morgan fingerprint density at radius 1 is 1.30 bits per heavy atom. The molecule has 0 bridgehead atoms. The second-order valence-corrected chi connectivity index (χ2v) is 6.17. The Morgan fingerprint density at radius 3 is 2.74 bits per heavy atom. The molecule has 0 aliphatic carbocycles. The van der Waals surface area contributed by atoms with Gasteiger partial charge in [-0.05, 0) is 11.1 Å². The van der Waals surface area contributed by atoms with Gasteiger partial charge in [0.1, 0.15) is 6.17 Å². The van der Waals surface area contributed by atoms with Crippen LogP contribution in [-0.2, 0) is 22.6 Å². The summed E-state index contributed by atoms with van der Waals surface area (Å²) in [4.78, 5) is 14.5. The third kappa shape index (κ3) is 4.50. The van der Waals surface area contributed by atoms with E-state index in [4.69, 9.17) is 4.74 Å². The third-order valence-electron chi connectivity index (χ3n) is 4.46. The fraction of sp³-hybridized carbons (Fsp3) is 0.588. The van der Waals surface area contributed by atoms with Crippen molar-refractivity contribution in [2.75, 3.05) is 32.8 Å². The molecule has 1 aromatic carbocycles. The molecule has 3 rings (SSSR count). The Kier molecular flexibility index (Phi) is 5.59. The second-order valence-electron chi connectivity index (χ2n) is 6.17. The molecular weight excluding hydrogens is 297 g/mol. The minimum absolute atomic E-state index is 0.119. The lowest BCUT2D eigenvalue weighted by Gasteiger charge is -2.27. The smallest absolute Gasteiger partial charge is 0.237 e. The van der Waals surface area contributed by atoms with Gasteiger partial charge in [-0.15, -0.1) is 0 Å². The molecule has 2 atom stereocenters. The molecule has 2 aliphatic rings. The lowest BCUT2D eigenvalue weighted by atomic mass is 10.1. The largest absolute Gasteiger partial charge is 0.379 e. The van der Waals surface area contributed by atoms with Crippen molar-refractivity contribution in [3.05, 3.63) is 35.4 Å². The van der Waals surface area contributed by atoms with Gasteiger partial charge in [0.05, 0.1) is 19.3 Å². The van der Waals surface area contributed by atoms with Crippen LogP contribution in [0.5, 0.6) is 0 Å². The first-order chi connectivity index (χ1) is 11.2. The van der Waals surface area contributed by atoms with E-state index < -0.39 is 12.2 Å². The van der Waals surface area contributed by atoms with Gasteiger partial charge in [0.15, 0.2) is 0 Å². The lowest BCUT2D eigenvalue weighted by Crippen LogP contribution is -2.40. The molecule has 1 aromatic rings. The number of nitrogens with one attached hydrogen (secondary N) is 2. The minimum atomic E-state index is -0.917. The Labute approximate surface area is 136 Å². The number of morpholine rings is 1. The van der Waals surface area contributed by atoms with Crippen molar-refractivity contribution in [2.24, 2.45) is 0 Å². The van der Waals surface area contributed by atoms with Crippen LogP contribution < -0.4 is 10.6 Å². The van der Waals surface area contributed by atoms with Crippen LogP contribution >= 0.6 is 0 Å². The normalized spacial score (nSPS) is 25.4. The Bertz CT molecular complexity index is 534. The molecule has 126 valence electrons. The fourth-order valence-corrected chi connectivity index (χ4v) is 3.08. The molecule has 2 aliphatic heterocycles. The number of hydrogen-bond donors (Lipinski definition) is 2.